The molecule has 2 fully saturated rings. The Morgan fingerprint density at radius 2 is 2.06 bits per heavy atom. The lowest BCUT2D eigenvalue weighted by atomic mass is 9.68. The maximum absolute atomic E-state index is 9.54. The number of aliphatic hydroxyl groups excluding tert-OH is 1. The van der Waals surface area contributed by atoms with Gasteiger partial charge in [-0.25, -0.2) is 0 Å². The van der Waals surface area contributed by atoms with Gasteiger partial charge in [-0.05, 0) is 37.3 Å². The second kappa shape index (κ2) is 4.57. The first-order valence-corrected chi connectivity index (χ1v) is 6.26. The fourth-order valence-electron chi connectivity index (χ4n) is 2.93. The lowest BCUT2D eigenvalue weighted by Gasteiger charge is -2.38. The number of hydrogen-bond donors (Lipinski definition) is 2. The molecule has 94 valence electrons. The molecule has 0 aromatic heterocycles. The third-order valence-electron chi connectivity index (χ3n) is 4.06. The molecule has 1 spiro atoms. The Morgan fingerprint density at radius 3 is 2.47 bits per heavy atom. The predicted molar refractivity (Wildman–Crippen MR) is 70.5 cm³/mol. The molecule has 0 radical (unpaired) electrons. The summed E-state index contributed by atoms with van der Waals surface area (Å²) in [5, 5.41) is 9.54. The number of hydrogen-bond acceptors (Lipinski definition) is 3. The summed E-state index contributed by atoms with van der Waals surface area (Å²) in [6.45, 7) is 10.2. The lowest BCUT2D eigenvalue weighted by Crippen LogP contribution is -2.33. The Bertz CT molecular complexity index is 366. The van der Waals surface area contributed by atoms with Crippen molar-refractivity contribution in [2.24, 2.45) is 11.1 Å². The smallest absolute Gasteiger partial charge is 0.112 e. The van der Waals surface area contributed by atoms with E-state index in [-0.39, 0.29) is 5.76 Å². The van der Waals surface area contributed by atoms with Crippen LogP contribution >= 0.6 is 0 Å². The molecule has 1 saturated carbocycles. The van der Waals surface area contributed by atoms with Gasteiger partial charge in [-0.15, -0.1) is 0 Å². The molecule has 3 nitrogen and oxygen atoms in total. The van der Waals surface area contributed by atoms with Crippen LogP contribution in [0.2, 0.25) is 0 Å². The van der Waals surface area contributed by atoms with Crippen LogP contribution in [-0.2, 0) is 0 Å². The van der Waals surface area contributed by atoms with Crippen molar-refractivity contribution in [3.63, 3.8) is 0 Å². The molecule has 1 saturated heterocycles. The van der Waals surface area contributed by atoms with Gasteiger partial charge in [0.25, 0.3) is 0 Å². The molecular formula is C14H22N2O. The Balaban J connectivity index is 1.95. The third kappa shape index (κ3) is 2.72. The van der Waals surface area contributed by atoms with Crippen molar-refractivity contribution in [1.29, 1.82) is 0 Å². The highest BCUT2D eigenvalue weighted by atomic mass is 16.3. The van der Waals surface area contributed by atoms with E-state index in [0.717, 1.165) is 25.2 Å². The number of likely N-dealkylation sites (tertiary alicyclic amines) is 1. The first kappa shape index (κ1) is 12.2. The zero-order valence-corrected chi connectivity index (χ0v) is 10.4. The summed E-state index contributed by atoms with van der Waals surface area (Å²) in [4.78, 5) is 2.38. The van der Waals surface area contributed by atoms with Gasteiger partial charge in [0, 0.05) is 24.4 Å². The largest absolute Gasteiger partial charge is 0.508 e. The average molecular weight is 234 g/mol. The van der Waals surface area contributed by atoms with Crippen molar-refractivity contribution >= 4 is 0 Å². The van der Waals surface area contributed by atoms with Crippen LogP contribution in [0.4, 0.5) is 0 Å². The van der Waals surface area contributed by atoms with E-state index < -0.39 is 0 Å². The van der Waals surface area contributed by atoms with Crippen molar-refractivity contribution in [2.75, 3.05) is 19.6 Å². The second-order valence-electron chi connectivity index (χ2n) is 5.51. The molecular weight excluding hydrogens is 212 g/mol. The van der Waals surface area contributed by atoms with E-state index in [1.165, 1.54) is 25.7 Å². The van der Waals surface area contributed by atoms with Gasteiger partial charge in [-0.2, -0.15) is 0 Å². The molecule has 0 bridgehead atoms. The summed E-state index contributed by atoms with van der Waals surface area (Å²) in [6.07, 6.45) is 7.12. The van der Waals surface area contributed by atoms with Crippen molar-refractivity contribution in [2.45, 2.75) is 25.7 Å². The minimum Gasteiger partial charge on any atom is -0.508 e. The highest BCUT2D eigenvalue weighted by Gasteiger charge is 2.42. The molecule has 3 N–H and O–H groups in total. The maximum atomic E-state index is 9.54. The van der Waals surface area contributed by atoms with Crippen LogP contribution in [0, 0.1) is 5.41 Å². The first-order valence-electron chi connectivity index (χ1n) is 6.26. The van der Waals surface area contributed by atoms with Crippen LogP contribution in [0.3, 0.4) is 0 Å². The van der Waals surface area contributed by atoms with Crippen molar-refractivity contribution < 1.29 is 5.11 Å². The summed E-state index contributed by atoms with van der Waals surface area (Å²) >= 11 is 0. The molecule has 2 rings (SSSR count). The van der Waals surface area contributed by atoms with E-state index in [1.54, 1.807) is 6.08 Å². The number of nitrogens with zero attached hydrogens (tertiary/aromatic N) is 1. The van der Waals surface area contributed by atoms with E-state index in [4.69, 9.17) is 5.73 Å². The van der Waals surface area contributed by atoms with Gasteiger partial charge in [-0.1, -0.05) is 19.6 Å². The van der Waals surface area contributed by atoms with Crippen LogP contribution in [0.1, 0.15) is 25.7 Å². The van der Waals surface area contributed by atoms with Gasteiger partial charge < -0.3 is 10.8 Å². The normalized spacial score (nSPS) is 23.6. The van der Waals surface area contributed by atoms with Crippen LogP contribution in [0.5, 0.6) is 0 Å². The standard InChI is InChI=1S/C14H22N2O/c1-11(15)8-13(12(2)17)9-16-7-6-14(10-16)4-3-5-14/h8,17H,1-7,9-10,15H2/b13-8-. The second-order valence-corrected chi connectivity index (χ2v) is 5.51. The molecule has 17 heavy (non-hydrogen) atoms. The molecule has 2 aliphatic rings. The zero-order chi connectivity index (χ0) is 12.5. The molecule has 0 aromatic carbocycles. The minimum absolute atomic E-state index is 0.103. The SMILES string of the molecule is C=C(N)/C=C(/CN1CCC2(CCC2)C1)C(=C)O. The van der Waals surface area contributed by atoms with E-state index in [9.17, 15) is 5.11 Å². The Labute approximate surface area is 103 Å². The van der Waals surface area contributed by atoms with Gasteiger partial charge in [0.2, 0.25) is 0 Å². The van der Waals surface area contributed by atoms with Crippen molar-refractivity contribution in [3.05, 3.63) is 36.3 Å². The van der Waals surface area contributed by atoms with E-state index in [1.807, 2.05) is 0 Å². The Morgan fingerprint density at radius 1 is 1.35 bits per heavy atom. The monoisotopic (exact) mass is 234 g/mol. The number of rotatable bonds is 4. The number of allylic oxidation sites excluding steroid dienone is 1. The summed E-state index contributed by atoms with van der Waals surface area (Å²) < 4.78 is 0. The first-order chi connectivity index (χ1) is 8.01. The van der Waals surface area contributed by atoms with Gasteiger partial charge in [-0.3, -0.25) is 4.90 Å². The van der Waals surface area contributed by atoms with Gasteiger partial charge >= 0.3 is 0 Å². The highest BCUT2D eigenvalue weighted by Crippen LogP contribution is 2.48. The maximum Gasteiger partial charge on any atom is 0.112 e. The van der Waals surface area contributed by atoms with Gasteiger partial charge in [0.1, 0.15) is 5.76 Å². The van der Waals surface area contributed by atoms with Crippen molar-refractivity contribution in [1.82, 2.24) is 4.90 Å². The average Bonchev–Trinajstić information content (AvgIpc) is 2.59. The van der Waals surface area contributed by atoms with E-state index in [2.05, 4.69) is 18.1 Å². The summed E-state index contributed by atoms with van der Waals surface area (Å²) in [5.74, 6) is 0.103. The molecule has 0 aromatic rings. The molecule has 0 atom stereocenters. The zero-order valence-electron chi connectivity index (χ0n) is 10.4. The molecule has 0 unspecified atom stereocenters. The van der Waals surface area contributed by atoms with Gasteiger partial charge in [0.15, 0.2) is 0 Å². The van der Waals surface area contributed by atoms with E-state index >= 15 is 0 Å². The van der Waals surface area contributed by atoms with Crippen LogP contribution in [0.15, 0.2) is 36.3 Å². The Kier molecular flexibility index (Phi) is 3.29. The molecule has 1 aliphatic carbocycles. The van der Waals surface area contributed by atoms with E-state index in [0.29, 0.717) is 11.1 Å². The fourth-order valence-corrected chi connectivity index (χ4v) is 2.93. The number of aliphatic hydroxyl groups is 1. The minimum atomic E-state index is 0.103. The van der Waals surface area contributed by atoms with Crippen LogP contribution in [0.25, 0.3) is 0 Å². The lowest BCUT2D eigenvalue weighted by molar-refractivity contribution is 0.141. The van der Waals surface area contributed by atoms with Crippen LogP contribution in [-0.4, -0.2) is 29.6 Å². The number of nitrogens with two attached hydrogens (primary N) is 1. The summed E-state index contributed by atoms with van der Waals surface area (Å²) in [6, 6.07) is 0. The summed E-state index contributed by atoms with van der Waals surface area (Å²) in [5.41, 5.74) is 7.39. The third-order valence-corrected chi connectivity index (χ3v) is 4.06. The molecule has 1 heterocycles. The quantitative estimate of drug-likeness (QED) is 0.580. The van der Waals surface area contributed by atoms with Gasteiger partial charge in [0.05, 0.1) is 0 Å². The molecule has 3 heteroatoms. The fraction of sp³-hybridized carbons (Fsp3) is 0.571. The topological polar surface area (TPSA) is 49.5 Å². The van der Waals surface area contributed by atoms with Crippen molar-refractivity contribution in [3.8, 4) is 0 Å². The highest BCUT2D eigenvalue weighted by molar-refractivity contribution is 5.31. The Hall–Kier alpha value is -1.22. The summed E-state index contributed by atoms with van der Waals surface area (Å²) in [7, 11) is 0. The van der Waals surface area contributed by atoms with Crippen LogP contribution < -0.4 is 5.73 Å². The molecule has 0 amide bonds. The predicted octanol–water partition coefficient (Wildman–Crippen LogP) is 2.33. The molecule has 1 aliphatic heterocycles.